The number of hydrogen-bond donors (Lipinski definition) is 0. The van der Waals surface area contributed by atoms with Crippen LogP contribution >= 0.6 is 0 Å². The van der Waals surface area contributed by atoms with E-state index in [4.69, 9.17) is 16.6 Å². The Balaban J connectivity index is 1.15. The van der Waals surface area contributed by atoms with Crippen molar-refractivity contribution >= 4 is 33.2 Å². The third-order valence-electron chi connectivity index (χ3n) is 12.6. The van der Waals surface area contributed by atoms with E-state index in [2.05, 4.69) is 136 Å². The predicted octanol–water partition coefficient (Wildman–Crippen LogP) is 11.5. The zero-order valence-electron chi connectivity index (χ0n) is 36.6. The molecule has 5 nitrogen and oxygen atoms in total. The van der Waals surface area contributed by atoms with Gasteiger partial charge in [-0.25, -0.2) is 4.98 Å². The van der Waals surface area contributed by atoms with Crippen molar-refractivity contribution in [3.05, 3.63) is 120 Å². The maximum absolute atomic E-state index is 8.96. The first-order valence-corrected chi connectivity index (χ1v) is 18.9. The molecule has 6 aromatic rings. The fraction of sp³-hybridized carbons (Fsp3) is 0.383. The summed E-state index contributed by atoms with van der Waals surface area (Å²) >= 11 is 0. The van der Waals surface area contributed by atoms with Crippen LogP contribution in [0.15, 0.2) is 109 Å². The predicted molar refractivity (Wildman–Crippen MR) is 216 cm³/mol. The molecule has 3 fully saturated rings. The number of para-hydroxylation sites is 2. The molecule has 0 spiro atoms. The minimum absolute atomic E-state index is 0.0298. The van der Waals surface area contributed by atoms with Crippen molar-refractivity contribution in [1.29, 1.82) is 0 Å². The highest BCUT2D eigenvalue weighted by atomic mass is 16.5. The number of benzene rings is 4. The van der Waals surface area contributed by atoms with E-state index in [1.54, 1.807) is 0 Å². The molecule has 266 valence electrons. The van der Waals surface area contributed by atoms with E-state index in [9.17, 15) is 0 Å². The van der Waals surface area contributed by atoms with Crippen LogP contribution in [0.2, 0.25) is 0 Å². The number of hydrogen-bond acceptors (Lipinski definition) is 4. The second-order valence-corrected chi connectivity index (χ2v) is 17.6. The van der Waals surface area contributed by atoms with Gasteiger partial charge in [0, 0.05) is 40.5 Å². The Morgan fingerprint density at radius 2 is 1.35 bits per heavy atom. The van der Waals surface area contributed by atoms with Crippen LogP contribution in [0.4, 0.5) is 11.4 Å². The lowest BCUT2D eigenvalue weighted by molar-refractivity contribution is 0.220. The van der Waals surface area contributed by atoms with Crippen LogP contribution in [0.25, 0.3) is 27.6 Å². The molecule has 2 bridgehead atoms. The van der Waals surface area contributed by atoms with Crippen molar-refractivity contribution < 1.29 is 11.6 Å². The summed E-state index contributed by atoms with van der Waals surface area (Å²) in [5.74, 6) is 4.08. The summed E-state index contributed by atoms with van der Waals surface area (Å²) in [4.78, 5) is 9.44. The molecule has 0 radical (unpaired) electrons. The van der Waals surface area contributed by atoms with Gasteiger partial charge in [-0.15, -0.1) is 0 Å². The van der Waals surface area contributed by atoms with Crippen molar-refractivity contribution in [3.8, 4) is 17.3 Å². The molecule has 4 unspecified atom stereocenters. The monoisotopic (exact) mass is 693 g/mol. The Kier molecular flexibility index (Phi) is 6.36. The highest BCUT2D eigenvalue weighted by molar-refractivity contribution is 6.09. The van der Waals surface area contributed by atoms with E-state index in [1.807, 2.05) is 12.3 Å². The second-order valence-electron chi connectivity index (χ2n) is 17.6. The summed E-state index contributed by atoms with van der Waals surface area (Å²) < 4.78 is 52.4. The lowest BCUT2D eigenvalue weighted by Crippen LogP contribution is -2.47. The van der Waals surface area contributed by atoms with E-state index >= 15 is 0 Å². The molecule has 9 rings (SSSR count). The number of rotatable bonds is 5. The minimum Gasteiger partial charge on any atom is -0.457 e. The van der Waals surface area contributed by atoms with Crippen LogP contribution in [0.5, 0.6) is 11.5 Å². The number of aromatic nitrogens is 2. The molecule has 52 heavy (non-hydrogen) atoms. The number of pyridine rings is 1. The zero-order valence-corrected chi connectivity index (χ0v) is 31.6. The Bertz CT molecular complexity index is 2560. The van der Waals surface area contributed by atoms with Crippen molar-refractivity contribution in [2.24, 2.45) is 23.7 Å². The zero-order chi connectivity index (χ0) is 40.5. The molecular formula is C47H52N4O. The normalized spacial score (nSPS) is 25.7. The Labute approximate surface area is 316 Å². The van der Waals surface area contributed by atoms with Gasteiger partial charge in [0.15, 0.2) is 0 Å². The molecule has 5 heteroatoms. The van der Waals surface area contributed by atoms with Crippen LogP contribution < -0.4 is 14.5 Å². The van der Waals surface area contributed by atoms with Gasteiger partial charge in [-0.3, -0.25) is 4.57 Å². The van der Waals surface area contributed by atoms with Crippen molar-refractivity contribution in [2.75, 3.05) is 16.5 Å². The van der Waals surface area contributed by atoms with Crippen LogP contribution in [0.3, 0.4) is 0 Å². The summed E-state index contributed by atoms with van der Waals surface area (Å²) in [5, 5.41) is 2.28. The molecule has 6 atom stereocenters. The lowest BCUT2D eigenvalue weighted by Gasteiger charge is -2.39. The van der Waals surface area contributed by atoms with Gasteiger partial charge in [0.05, 0.1) is 36.6 Å². The number of nitrogens with zero attached hydrogens (tertiary/aromatic N) is 4. The molecule has 1 saturated heterocycles. The summed E-state index contributed by atoms with van der Waals surface area (Å²) in [6.07, 6.45) is 2.96. The first-order chi connectivity index (χ1) is 26.9. The summed E-state index contributed by atoms with van der Waals surface area (Å²) in [5.41, 5.74) is 5.56. The van der Waals surface area contributed by atoms with Crippen LogP contribution in [-0.2, 0) is 10.8 Å². The van der Waals surface area contributed by atoms with E-state index in [1.165, 1.54) is 5.56 Å². The molecular weight excluding hydrogens is 637 g/mol. The molecule has 2 aliphatic carbocycles. The summed E-state index contributed by atoms with van der Waals surface area (Å²) in [7, 11) is 0. The van der Waals surface area contributed by atoms with Crippen LogP contribution in [0, 0.1) is 23.7 Å². The second kappa shape index (κ2) is 11.9. The molecule has 4 aromatic carbocycles. The Morgan fingerprint density at radius 3 is 2.06 bits per heavy atom. The highest BCUT2D eigenvalue weighted by Gasteiger charge is 2.61. The maximum Gasteiger partial charge on any atom is 0.137 e. The largest absolute Gasteiger partial charge is 0.457 e. The number of fused-ring (bicyclic) bond motifs is 8. The van der Waals surface area contributed by atoms with Gasteiger partial charge < -0.3 is 14.5 Å². The van der Waals surface area contributed by atoms with Gasteiger partial charge in [0.2, 0.25) is 0 Å². The van der Waals surface area contributed by atoms with Crippen molar-refractivity contribution in [2.45, 2.75) is 84.7 Å². The summed E-state index contributed by atoms with van der Waals surface area (Å²) in [6, 6.07) is 24.6. The van der Waals surface area contributed by atoms with Gasteiger partial charge in [-0.05, 0) is 107 Å². The molecule has 3 aliphatic rings. The van der Waals surface area contributed by atoms with Crippen molar-refractivity contribution in [1.82, 2.24) is 9.55 Å². The fourth-order valence-electron chi connectivity index (χ4n) is 9.62. The minimum atomic E-state index is -0.357. The van der Waals surface area contributed by atoms with Crippen LogP contribution in [-0.4, -0.2) is 28.3 Å². The third kappa shape index (κ3) is 5.30. The van der Waals surface area contributed by atoms with Crippen molar-refractivity contribution in [3.63, 3.8) is 0 Å². The molecule has 0 amide bonds. The van der Waals surface area contributed by atoms with Crippen LogP contribution in [0.1, 0.15) is 79.8 Å². The van der Waals surface area contributed by atoms with E-state index in [0.29, 0.717) is 36.0 Å². The fourth-order valence-corrected chi connectivity index (χ4v) is 9.62. The molecule has 2 saturated carbocycles. The average molecular weight is 694 g/mol. The molecule has 0 N–H and O–H groups in total. The quantitative estimate of drug-likeness (QED) is 0.180. The standard InChI is InChI=1S/C47H52N4O/c1-29-30(2)40-27-39(29)44-45(40)50(28-49(44)33-14-10-9-11-15-33)34-22-32(47(6,7)8)23-36(25-34)52-35-18-19-38-37-16-12-13-17-41(37)51(42(38)26-35)43-24-31(20-21-48-43)46(3,4)5/h9-26,29-30,39-40,44-45H,27-28H2,1-8H3/t29?,30?,39?,40-,44?,45-/m0/s1/i9D,10D,11D,14D,15D. The van der Waals surface area contributed by atoms with E-state index < -0.39 is 0 Å². The topological polar surface area (TPSA) is 33.5 Å². The van der Waals surface area contributed by atoms with E-state index in [0.717, 1.165) is 56.8 Å². The van der Waals surface area contributed by atoms with Gasteiger partial charge >= 0.3 is 0 Å². The van der Waals surface area contributed by atoms with Gasteiger partial charge in [-0.2, -0.15) is 0 Å². The lowest BCUT2D eigenvalue weighted by atomic mass is 9.76. The Morgan fingerprint density at radius 1 is 0.673 bits per heavy atom. The summed E-state index contributed by atoms with van der Waals surface area (Å²) in [6.45, 7) is 18.4. The van der Waals surface area contributed by atoms with Gasteiger partial charge in [0.1, 0.15) is 17.3 Å². The third-order valence-corrected chi connectivity index (χ3v) is 12.6. The number of anilines is 2. The number of ether oxygens (including phenoxy) is 1. The average Bonchev–Trinajstić information content (AvgIpc) is 3.91. The molecule has 1 aliphatic heterocycles. The van der Waals surface area contributed by atoms with Gasteiger partial charge in [0.25, 0.3) is 0 Å². The maximum atomic E-state index is 8.96. The SMILES string of the molecule is [2H]c1c([2H])c([2H])c(N2CN(c3cc(Oc4ccc5c6ccccc6n(-c6cc(C(C)(C)C)ccn6)c5c4)cc(C(C)(C)C)c3)[C@@H]3C2C2C[C@H]3C(C)C2C)c([2H])c1[2H]. The van der Waals surface area contributed by atoms with E-state index in [-0.39, 0.29) is 53.1 Å². The first kappa shape index (κ1) is 27.8. The molecule has 2 aromatic heterocycles. The highest BCUT2D eigenvalue weighted by Crippen LogP contribution is 2.58. The molecule has 3 heterocycles. The first-order valence-electron chi connectivity index (χ1n) is 21.4. The Hall–Kier alpha value is -4.77. The van der Waals surface area contributed by atoms with Gasteiger partial charge in [-0.1, -0.05) is 91.7 Å². The smallest absolute Gasteiger partial charge is 0.137 e.